The Morgan fingerprint density at radius 1 is 0.760 bits per heavy atom. The molecule has 0 bridgehead atoms. The number of imidazole rings is 1. The first-order valence-corrected chi connectivity index (χ1v) is 8.46. The van der Waals surface area contributed by atoms with Crippen LogP contribution in [0.15, 0.2) is 85.3 Å². The van der Waals surface area contributed by atoms with Gasteiger partial charge in [0.15, 0.2) is 0 Å². The number of benzene rings is 2. The molecule has 4 rings (SSSR count). The highest BCUT2D eigenvalue weighted by Gasteiger charge is 2.11. The van der Waals surface area contributed by atoms with E-state index in [1.54, 1.807) is 6.20 Å². The van der Waals surface area contributed by atoms with Crippen LogP contribution >= 0.6 is 0 Å². The molecule has 4 heteroatoms. The van der Waals surface area contributed by atoms with Crippen molar-refractivity contribution in [1.29, 1.82) is 0 Å². The summed E-state index contributed by atoms with van der Waals surface area (Å²) in [6.45, 7) is 2.56. The normalized spacial score (nSPS) is 11.2. The van der Waals surface area contributed by atoms with Crippen LogP contribution in [0.4, 0.5) is 0 Å². The summed E-state index contributed by atoms with van der Waals surface area (Å²) in [4.78, 5) is 11.4. The molecule has 0 saturated carbocycles. The molecule has 0 fully saturated rings. The molecule has 0 unspecified atom stereocenters. The summed E-state index contributed by atoms with van der Waals surface area (Å²) in [6.07, 6.45) is 5.82. The fraction of sp³-hybridized carbons (Fsp3) is 0.143. The average molecular weight is 328 g/mol. The van der Waals surface area contributed by atoms with Crippen LogP contribution in [0.2, 0.25) is 0 Å². The Labute approximate surface area is 147 Å². The Kier molecular flexibility index (Phi) is 4.53. The SMILES string of the molecule is c1ccc(CN(Cc2ccccc2)Cc2cn3cccnc3n2)cc1. The van der Waals surface area contributed by atoms with Gasteiger partial charge in [0.05, 0.1) is 5.69 Å². The van der Waals surface area contributed by atoms with Gasteiger partial charge in [0.2, 0.25) is 5.78 Å². The minimum atomic E-state index is 0.747. The molecule has 0 aliphatic carbocycles. The first-order chi connectivity index (χ1) is 12.4. The molecular formula is C21H20N4. The maximum Gasteiger partial charge on any atom is 0.233 e. The predicted molar refractivity (Wildman–Crippen MR) is 98.8 cm³/mol. The molecule has 4 nitrogen and oxygen atoms in total. The van der Waals surface area contributed by atoms with Gasteiger partial charge in [-0.15, -0.1) is 0 Å². The predicted octanol–water partition coefficient (Wildman–Crippen LogP) is 3.93. The Morgan fingerprint density at radius 2 is 1.40 bits per heavy atom. The summed E-state index contributed by atoms with van der Waals surface area (Å²) >= 11 is 0. The standard InChI is InChI=1S/C21H20N4/c1-3-8-18(9-4-1)14-24(15-19-10-5-2-6-11-19)16-20-17-25-13-7-12-22-21(25)23-20/h1-13,17H,14-16H2. The Bertz CT molecular complexity index is 857. The van der Waals surface area contributed by atoms with Crippen LogP contribution in [0.25, 0.3) is 5.78 Å². The second kappa shape index (κ2) is 7.28. The van der Waals surface area contributed by atoms with Crippen molar-refractivity contribution in [3.05, 3.63) is 102 Å². The maximum atomic E-state index is 4.65. The van der Waals surface area contributed by atoms with Gasteiger partial charge in [0.25, 0.3) is 0 Å². The van der Waals surface area contributed by atoms with Crippen molar-refractivity contribution in [1.82, 2.24) is 19.3 Å². The summed E-state index contributed by atoms with van der Waals surface area (Å²) in [5.41, 5.74) is 3.64. The number of fused-ring (bicyclic) bond motifs is 1. The minimum absolute atomic E-state index is 0.747. The topological polar surface area (TPSA) is 33.4 Å². The Hall–Kier alpha value is -2.98. The molecule has 124 valence electrons. The lowest BCUT2D eigenvalue weighted by molar-refractivity contribution is 0.245. The summed E-state index contributed by atoms with van der Waals surface area (Å²) < 4.78 is 1.97. The molecule has 0 spiro atoms. The first-order valence-electron chi connectivity index (χ1n) is 8.46. The van der Waals surface area contributed by atoms with Crippen LogP contribution < -0.4 is 0 Å². The van der Waals surface area contributed by atoms with Crippen molar-refractivity contribution >= 4 is 5.78 Å². The van der Waals surface area contributed by atoms with Gasteiger partial charge >= 0.3 is 0 Å². The van der Waals surface area contributed by atoms with Crippen molar-refractivity contribution in [2.45, 2.75) is 19.6 Å². The summed E-state index contributed by atoms with van der Waals surface area (Å²) in [6, 6.07) is 23.1. The molecule has 2 heterocycles. The van der Waals surface area contributed by atoms with Crippen LogP contribution in [0.3, 0.4) is 0 Å². The van der Waals surface area contributed by atoms with Gasteiger partial charge in [-0.1, -0.05) is 60.7 Å². The lowest BCUT2D eigenvalue weighted by atomic mass is 10.1. The monoisotopic (exact) mass is 328 g/mol. The zero-order valence-corrected chi connectivity index (χ0v) is 14.0. The van der Waals surface area contributed by atoms with Gasteiger partial charge in [-0.05, 0) is 17.2 Å². The van der Waals surface area contributed by atoms with E-state index in [9.17, 15) is 0 Å². The van der Waals surface area contributed by atoms with E-state index in [2.05, 4.69) is 81.7 Å². The molecule has 0 aliphatic heterocycles. The van der Waals surface area contributed by atoms with Crippen molar-refractivity contribution < 1.29 is 0 Å². The van der Waals surface area contributed by atoms with E-state index in [0.717, 1.165) is 31.1 Å². The molecule has 2 aromatic carbocycles. The van der Waals surface area contributed by atoms with E-state index in [1.165, 1.54) is 11.1 Å². The van der Waals surface area contributed by atoms with Gasteiger partial charge in [0, 0.05) is 38.2 Å². The summed E-state index contributed by atoms with van der Waals surface area (Å²) in [5, 5.41) is 0. The summed E-state index contributed by atoms with van der Waals surface area (Å²) in [5.74, 6) is 0.747. The minimum Gasteiger partial charge on any atom is -0.291 e. The van der Waals surface area contributed by atoms with Crippen LogP contribution in [-0.2, 0) is 19.6 Å². The Balaban J connectivity index is 1.57. The number of hydrogen-bond acceptors (Lipinski definition) is 3. The largest absolute Gasteiger partial charge is 0.291 e. The number of rotatable bonds is 6. The number of aromatic nitrogens is 3. The fourth-order valence-electron chi connectivity index (χ4n) is 3.04. The zero-order chi connectivity index (χ0) is 16.9. The highest BCUT2D eigenvalue weighted by molar-refractivity contribution is 5.29. The van der Waals surface area contributed by atoms with E-state index in [0.29, 0.717) is 0 Å². The van der Waals surface area contributed by atoms with Crippen molar-refractivity contribution in [3.8, 4) is 0 Å². The van der Waals surface area contributed by atoms with Crippen LogP contribution in [0.5, 0.6) is 0 Å². The molecule has 4 aromatic rings. The maximum absolute atomic E-state index is 4.65. The van der Waals surface area contributed by atoms with Gasteiger partial charge < -0.3 is 0 Å². The lowest BCUT2D eigenvalue weighted by Gasteiger charge is -2.21. The van der Waals surface area contributed by atoms with Crippen LogP contribution in [0, 0.1) is 0 Å². The molecule has 0 N–H and O–H groups in total. The number of nitrogens with zero attached hydrogens (tertiary/aromatic N) is 4. The number of hydrogen-bond donors (Lipinski definition) is 0. The quantitative estimate of drug-likeness (QED) is 0.538. The molecule has 0 atom stereocenters. The first kappa shape index (κ1) is 15.5. The molecule has 0 aliphatic rings. The second-order valence-corrected chi connectivity index (χ2v) is 6.18. The van der Waals surface area contributed by atoms with Crippen molar-refractivity contribution in [2.75, 3.05) is 0 Å². The molecule has 0 saturated heterocycles. The van der Waals surface area contributed by atoms with Gasteiger partial charge in [0.1, 0.15) is 0 Å². The molecular weight excluding hydrogens is 308 g/mol. The van der Waals surface area contributed by atoms with Crippen LogP contribution in [0.1, 0.15) is 16.8 Å². The second-order valence-electron chi connectivity index (χ2n) is 6.18. The van der Waals surface area contributed by atoms with E-state index in [4.69, 9.17) is 0 Å². The fourth-order valence-corrected chi connectivity index (χ4v) is 3.04. The van der Waals surface area contributed by atoms with Crippen LogP contribution in [-0.4, -0.2) is 19.3 Å². The van der Waals surface area contributed by atoms with E-state index >= 15 is 0 Å². The highest BCUT2D eigenvalue weighted by Crippen LogP contribution is 2.14. The van der Waals surface area contributed by atoms with Gasteiger partial charge in [-0.2, -0.15) is 0 Å². The third kappa shape index (κ3) is 3.92. The zero-order valence-electron chi connectivity index (χ0n) is 14.0. The third-order valence-corrected chi connectivity index (χ3v) is 4.17. The van der Waals surface area contributed by atoms with E-state index in [-0.39, 0.29) is 0 Å². The smallest absolute Gasteiger partial charge is 0.233 e. The molecule has 0 radical (unpaired) electrons. The van der Waals surface area contributed by atoms with E-state index in [1.807, 2.05) is 16.7 Å². The highest BCUT2D eigenvalue weighted by atomic mass is 15.2. The van der Waals surface area contributed by atoms with Crippen molar-refractivity contribution in [2.24, 2.45) is 0 Å². The molecule has 2 aromatic heterocycles. The average Bonchev–Trinajstić information content (AvgIpc) is 3.05. The van der Waals surface area contributed by atoms with Crippen molar-refractivity contribution in [3.63, 3.8) is 0 Å². The van der Waals surface area contributed by atoms with Gasteiger partial charge in [-0.25, -0.2) is 9.97 Å². The lowest BCUT2D eigenvalue weighted by Crippen LogP contribution is -2.22. The van der Waals surface area contributed by atoms with E-state index < -0.39 is 0 Å². The third-order valence-electron chi connectivity index (χ3n) is 4.17. The molecule has 25 heavy (non-hydrogen) atoms. The molecule has 0 amide bonds. The summed E-state index contributed by atoms with van der Waals surface area (Å²) in [7, 11) is 0. The van der Waals surface area contributed by atoms with Gasteiger partial charge in [-0.3, -0.25) is 9.30 Å². The Morgan fingerprint density at radius 3 is 2.00 bits per heavy atom.